The number of hydrogen-bond donors (Lipinski definition) is 2. The first-order valence-corrected chi connectivity index (χ1v) is 24.1. The number of allylic oxidation sites excluding steroid dienone is 6. The fourth-order valence-corrected chi connectivity index (χ4v) is 10.2. The number of carbonyl (C=O) groups excluding carboxylic acids is 5. The van der Waals surface area contributed by atoms with E-state index in [0.717, 1.165) is 98.4 Å². The van der Waals surface area contributed by atoms with E-state index >= 15 is 4.79 Å². The van der Waals surface area contributed by atoms with Gasteiger partial charge in [-0.05, 0) is 83.5 Å². The molecule has 66 heavy (non-hydrogen) atoms. The summed E-state index contributed by atoms with van der Waals surface area (Å²) in [6.45, 7) is 24.6. The summed E-state index contributed by atoms with van der Waals surface area (Å²) in [7, 11) is 0. The number of nitrogens with zero attached hydrogens (tertiary/aromatic N) is 3. The first-order chi connectivity index (χ1) is 31.1. The molecular weight excluding hydrogens is 841 g/mol. The fraction of sp³-hybridized carbons (Fsp3) is 0.615. The van der Waals surface area contributed by atoms with E-state index in [1.165, 1.54) is 0 Å². The molecule has 1 fully saturated rings. The predicted molar refractivity (Wildman–Crippen MR) is 254 cm³/mol. The van der Waals surface area contributed by atoms with Crippen molar-refractivity contribution in [3.8, 4) is 0 Å². The molecule has 0 bridgehead atoms. The van der Waals surface area contributed by atoms with Crippen LogP contribution in [-0.4, -0.2) is 98.2 Å². The third-order valence-corrected chi connectivity index (χ3v) is 14.5. The van der Waals surface area contributed by atoms with Crippen molar-refractivity contribution in [2.24, 2.45) is 15.8 Å². The molecule has 4 heterocycles. The maximum atomic E-state index is 15.2. The molecule has 358 valence electrons. The number of carbonyl (C=O) groups is 5. The molecule has 0 aromatic heterocycles. The van der Waals surface area contributed by atoms with Crippen molar-refractivity contribution in [2.75, 3.05) is 62.8 Å². The average Bonchev–Trinajstić information content (AvgIpc) is 3.23. The Morgan fingerprint density at radius 3 is 1.86 bits per heavy atom. The van der Waals surface area contributed by atoms with Crippen molar-refractivity contribution in [2.45, 2.75) is 144 Å². The van der Waals surface area contributed by atoms with Crippen molar-refractivity contribution in [3.05, 3.63) is 62.6 Å². The Morgan fingerprint density at radius 1 is 0.712 bits per heavy atom. The molecule has 6 aliphatic rings. The minimum absolute atomic E-state index is 0.0550. The van der Waals surface area contributed by atoms with Crippen molar-refractivity contribution < 1.29 is 48.0 Å². The summed E-state index contributed by atoms with van der Waals surface area (Å²) in [6, 6.07) is 1.96. The van der Waals surface area contributed by atoms with Crippen LogP contribution in [-0.2, 0) is 44.2 Å². The normalized spacial score (nSPS) is 22.5. The van der Waals surface area contributed by atoms with E-state index in [0.29, 0.717) is 35.4 Å². The number of aliphatic imine (C=N–C) groups is 1. The van der Waals surface area contributed by atoms with Crippen molar-refractivity contribution in [3.63, 3.8) is 0 Å². The number of aliphatic hydroxyl groups is 1. The van der Waals surface area contributed by atoms with E-state index in [2.05, 4.69) is 70.5 Å². The number of rotatable bonds is 14. The van der Waals surface area contributed by atoms with Crippen molar-refractivity contribution in [1.29, 1.82) is 0 Å². The largest absolute Gasteiger partial charge is 0.508 e. The molecule has 2 amide bonds. The van der Waals surface area contributed by atoms with Crippen LogP contribution in [0.15, 0.2) is 50.9 Å². The Morgan fingerprint density at radius 2 is 1.26 bits per heavy atom. The third kappa shape index (κ3) is 9.30. The number of benzene rings is 1. The van der Waals surface area contributed by atoms with Crippen LogP contribution in [0.1, 0.15) is 150 Å². The Bertz CT molecular complexity index is 2360. The highest BCUT2D eigenvalue weighted by molar-refractivity contribution is 6.43. The van der Waals surface area contributed by atoms with Crippen LogP contribution in [0.2, 0.25) is 0 Å². The highest BCUT2D eigenvalue weighted by Gasteiger charge is 2.50. The Hall–Kier alpha value is -5.40. The maximum Gasteiger partial charge on any atom is 0.508 e. The number of nitrogens with one attached hydrogen (secondary N) is 1. The van der Waals surface area contributed by atoms with Gasteiger partial charge < -0.3 is 39.2 Å². The Labute approximate surface area is 389 Å². The summed E-state index contributed by atoms with van der Waals surface area (Å²) in [5.74, 6) is -1.64. The SMILES string of the molecule is CCCCOC(=O)OCCC(=O)N=C1C2=C3C(=C/C1=C1/C(=O)C(c4cc5c6c(c4NC(=O)CCOC(=O)OCCCC)C(C)(C)CCN6CCC5(C)C)=C1O)C(C)(C)CCN3CCC2(C)C. The minimum Gasteiger partial charge on any atom is -0.506 e. The molecule has 4 aliphatic heterocycles. The lowest BCUT2D eigenvalue weighted by Gasteiger charge is -2.52. The number of piperidine rings is 1. The lowest BCUT2D eigenvalue weighted by molar-refractivity contribution is -0.119. The number of unbranched alkanes of at least 4 members (excludes halogenated alkanes) is 2. The summed E-state index contributed by atoms with van der Waals surface area (Å²) < 4.78 is 20.7. The van der Waals surface area contributed by atoms with Gasteiger partial charge in [-0.3, -0.25) is 14.4 Å². The highest BCUT2D eigenvalue weighted by atomic mass is 16.7. The van der Waals surface area contributed by atoms with Gasteiger partial charge in [0.05, 0.1) is 48.6 Å². The van der Waals surface area contributed by atoms with Gasteiger partial charge in [0.1, 0.15) is 19.0 Å². The molecule has 0 spiro atoms. The highest BCUT2D eigenvalue weighted by Crippen LogP contribution is 2.57. The second-order valence-corrected chi connectivity index (χ2v) is 21.2. The number of anilines is 2. The van der Waals surface area contributed by atoms with E-state index in [9.17, 15) is 24.3 Å². The van der Waals surface area contributed by atoms with Crippen LogP contribution >= 0.6 is 0 Å². The number of amides is 2. The monoisotopic (exact) mass is 911 g/mol. The fourth-order valence-electron chi connectivity index (χ4n) is 10.2. The standard InChI is InChI=1S/C52H70N4O10/c1-11-13-25-63-47(61)65-27-15-35(57)53-41-31(29-33-43-39(41)51(7,8)19-23-55(43)21-17-49(33,3)4)37-45(59)38(46(37)60)32-30-34-44-40(52(9,10)20-24-56(44)22-18-50(34,5)6)42(32)54-36(58)16-28-66-48(62)64-26-14-12-2/h29-30,59H,11-28H2,1-10H3,(H,53,57)/b38-32-,54-42?. The molecule has 7 rings (SSSR count). The van der Waals surface area contributed by atoms with Gasteiger partial charge in [-0.25, -0.2) is 14.6 Å². The number of ketones is 1. The van der Waals surface area contributed by atoms with E-state index in [-0.39, 0.29) is 67.0 Å². The second-order valence-electron chi connectivity index (χ2n) is 21.2. The summed E-state index contributed by atoms with van der Waals surface area (Å²) in [5, 5.41) is 15.7. The zero-order chi connectivity index (χ0) is 47.9. The van der Waals surface area contributed by atoms with E-state index < -0.39 is 40.7 Å². The van der Waals surface area contributed by atoms with Crippen LogP contribution < -0.4 is 10.2 Å². The van der Waals surface area contributed by atoms with Gasteiger partial charge in [0.25, 0.3) is 0 Å². The molecule has 1 aromatic carbocycles. The number of Topliss-reactive ketones (excluding diaryl/α,β-unsaturated/α-hetero) is 1. The van der Waals surface area contributed by atoms with Gasteiger partial charge in [0.15, 0.2) is 0 Å². The zero-order valence-electron chi connectivity index (χ0n) is 40.8. The first kappa shape index (κ1) is 48.5. The molecule has 14 heteroatoms. The van der Waals surface area contributed by atoms with E-state index in [4.69, 9.17) is 23.9 Å². The van der Waals surface area contributed by atoms with Crippen molar-refractivity contribution >= 4 is 52.6 Å². The third-order valence-electron chi connectivity index (χ3n) is 14.5. The number of ether oxygens (including phenoxy) is 4. The summed E-state index contributed by atoms with van der Waals surface area (Å²) in [6.07, 6.45) is 6.31. The van der Waals surface area contributed by atoms with Gasteiger partial charge in [-0.15, -0.1) is 0 Å². The summed E-state index contributed by atoms with van der Waals surface area (Å²) in [5.41, 5.74) is 6.01. The molecule has 14 nitrogen and oxygen atoms in total. The predicted octanol–water partition coefficient (Wildman–Crippen LogP) is 9.95. The minimum atomic E-state index is -0.847. The van der Waals surface area contributed by atoms with E-state index in [1.54, 1.807) is 0 Å². The topological polar surface area (TPSA) is 173 Å². The zero-order valence-corrected chi connectivity index (χ0v) is 40.8. The molecule has 1 aromatic rings. The smallest absolute Gasteiger partial charge is 0.506 e. The molecule has 0 saturated carbocycles. The quantitative estimate of drug-likeness (QED) is 0.103. The number of hydrogen-bond acceptors (Lipinski definition) is 12. The summed E-state index contributed by atoms with van der Waals surface area (Å²) in [4.78, 5) is 76.9. The Balaban J connectivity index is 1.36. The average molecular weight is 911 g/mol. The van der Waals surface area contributed by atoms with Gasteiger partial charge in [0.2, 0.25) is 17.6 Å². The van der Waals surface area contributed by atoms with Gasteiger partial charge in [-0.2, -0.15) is 0 Å². The molecule has 1 saturated heterocycles. The van der Waals surface area contributed by atoms with Crippen molar-refractivity contribution in [1.82, 2.24) is 4.90 Å². The van der Waals surface area contributed by atoms with E-state index in [1.807, 2.05) is 26.0 Å². The lowest BCUT2D eigenvalue weighted by atomic mass is 9.62. The van der Waals surface area contributed by atoms with Crippen LogP contribution in [0.5, 0.6) is 0 Å². The first-order valence-electron chi connectivity index (χ1n) is 24.1. The maximum absolute atomic E-state index is 15.2. The van der Waals surface area contributed by atoms with Gasteiger partial charge >= 0.3 is 12.3 Å². The van der Waals surface area contributed by atoms with Crippen LogP contribution in [0.4, 0.5) is 21.0 Å². The molecule has 2 aliphatic carbocycles. The lowest BCUT2D eigenvalue weighted by Crippen LogP contribution is -2.48. The molecule has 0 unspecified atom stereocenters. The van der Waals surface area contributed by atoms with Gasteiger partial charge in [0, 0.05) is 59.8 Å². The molecular formula is C52H70N4O10. The van der Waals surface area contributed by atoms with Gasteiger partial charge in [-0.1, -0.05) is 82.1 Å². The number of aliphatic hydroxyl groups excluding tert-OH is 1. The van der Waals surface area contributed by atoms with Crippen LogP contribution in [0.3, 0.4) is 0 Å². The summed E-state index contributed by atoms with van der Waals surface area (Å²) >= 11 is 0. The molecule has 0 radical (unpaired) electrons. The molecule has 0 atom stereocenters. The Kier molecular flexibility index (Phi) is 13.8. The molecule has 2 N–H and O–H groups in total. The second kappa shape index (κ2) is 18.7. The van der Waals surface area contributed by atoms with Crippen LogP contribution in [0.25, 0.3) is 5.57 Å². The van der Waals surface area contributed by atoms with Crippen LogP contribution in [0, 0.1) is 10.8 Å².